The van der Waals surface area contributed by atoms with E-state index < -0.39 is 0 Å². The first-order chi connectivity index (χ1) is 9.60. The minimum absolute atomic E-state index is 0.0643. The van der Waals surface area contributed by atoms with E-state index in [1.165, 1.54) is 5.56 Å². The maximum Gasteiger partial charge on any atom is 0.123 e. The van der Waals surface area contributed by atoms with E-state index in [0.29, 0.717) is 0 Å². The van der Waals surface area contributed by atoms with Crippen LogP contribution in [0.2, 0.25) is 5.02 Å². The lowest BCUT2D eigenvalue weighted by Crippen LogP contribution is -2.14. The number of hydrogen-bond acceptors (Lipinski definition) is 3. The van der Waals surface area contributed by atoms with Gasteiger partial charge in [0.2, 0.25) is 0 Å². The molecule has 2 aromatic carbocycles. The summed E-state index contributed by atoms with van der Waals surface area (Å²) in [6.45, 7) is 2.06. The molecule has 1 unspecified atom stereocenters. The van der Waals surface area contributed by atoms with E-state index in [0.717, 1.165) is 27.0 Å². The number of halogens is 1. The second kappa shape index (κ2) is 7.02. The van der Waals surface area contributed by atoms with Crippen LogP contribution in [0.25, 0.3) is 0 Å². The van der Waals surface area contributed by atoms with Crippen molar-refractivity contribution in [2.45, 2.75) is 17.9 Å². The molecule has 1 atom stereocenters. The lowest BCUT2D eigenvalue weighted by atomic mass is 10.1. The molecule has 0 radical (unpaired) electrons. The Morgan fingerprint density at radius 3 is 2.55 bits per heavy atom. The predicted molar refractivity (Wildman–Crippen MR) is 86.8 cm³/mol. The zero-order valence-corrected chi connectivity index (χ0v) is 13.2. The molecule has 106 valence electrons. The highest BCUT2D eigenvalue weighted by Crippen LogP contribution is 2.30. The molecule has 0 amide bonds. The third kappa shape index (κ3) is 3.92. The molecule has 2 N–H and O–H groups in total. The maximum atomic E-state index is 6.29. The first-order valence-corrected chi connectivity index (χ1v) is 7.75. The molecule has 0 aromatic heterocycles. The van der Waals surface area contributed by atoms with Crippen LogP contribution in [-0.2, 0) is 0 Å². The average Bonchev–Trinajstić information content (AvgIpc) is 2.46. The molecule has 2 nitrogen and oxygen atoms in total. The van der Waals surface area contributed by atoms with Gasteiger partial charge >= 0.3 is 0 Å². The SMILES string of the molecule is COc1ccc(C)cc1C(N)CSc1ccc(Cl)cc1. The standard InChI is InChI=1S/C16H18ClNOS/c1-11-3-8-16(19-2)14(9-11)15(18)10-20-13-6-4-12(17)5-7-13/h3-9,15H,10,18H2,1-2H3. The van der Waals surface area contributed by atoms with Crippen molar-refractivity contribution >= 4 is 23.4 Å². The maximum absolute atomic E-state index is 6.29. The first-order valence-electron chi connectivity index (χ1n) is 6.38. The Morgan fingerprint density at radius 2 is 1.90 bits per heavy atom. The number of hydrogen-bond donors (Lipinski definition) is 1. The molecule has 20 heavy (non-hydrogen) atoms. The fourth-order valence-corrected chi connectivity index (χ4v) is 2.96. The summed E-state index contributed by atoms with van der Waals surface area (Å²) in [6.07, 6.45) is 0. The van der Waals surface area contributed by atoms with Gasteiger partial charge in [0, 0.05) is 27.3 Å². The monoisotopic (exact) mass is 307 g/mol. The molecule has 4 heteroatoms. The van der Waals surface area contributed by atoms with Crippen LogP contribution in [0.3, 0.4) is 0 Å². The van der Waals surface area contributed by atoms with Gasteiger partial charge in [-0.3, -0.25) is 0 Å². The molecule has 0 heterocycles. The van der Waals surface area contributed by atoms with Gasteiger partial charge in [0.15, 0.2) is 0 Å². The smallest absolute Gasteiger partial charge is 0.123 e. The lowest BCUT2D eigenvalue weighted by molar-refractivity contribution is 0.407. The average molecular weight is 308 g/mol. The van der Waals surface area contributed by atoms with Crippen LogP contribution in [0.1, 0.15) is 17.2 Å². The molecule has 2 rings (SSSR count). The number of methoxy groups -OCH3 is 1. The van der Waals surface area contributed by atoms with Crippen LogP contribution in [0.4, 0.5) is 0 Å². The first kappa shape index (κ1) is 15.2. The molecule has 0 saturated heterocycles. The van der Waals surface area contributed by atoms with Gasteiger partial charge in [-0.05, 0) is 37.3 Å². The van der Waals surface area contributed by atoms with Crippen molar-refractivity contribution in [1.29, 1.82) is 0 Å². The van der Waals surface area contributed by atoms with E-state index >= 15 is 0 Å². The van der Waals surface area contributed by atoms with E-state index in [2.05, 4.69) is 13.0 Å². The summed E-state index contributed by atoms with van der Waals surface area (Å²) in [6, 6.07) is 13.8. The van der Waals surface area contributed by atoms with Gasteiger partial charge in [0.1, 0.15) is 5.75 Å². The van der Waals surface area contributed by atoms with E-state index in [1.54, 1.807) is 18.9 Å². The minimum atomic E-state index is -0.0643. The number of rotatable bonds is 5. The number of nitrogens with two attached hydrogens (primary N) is 1. The Bertz CT molecular complexity index is 571. The topological polar surface area (TPSA) is 35.2 Å². The Balaban J connectivity index is 2.06. The van der Waals surface area contributed by atoms with Crippen LogP contribution < -0.4 is 10.5 Å². The second-order valence-corrected chi connectivity index (χ2v) is 6.15. The van der Waals surface area contributed by atoms with Gasteiger partial charge in [-0.15, -0.1) is 11.8 Å². The summed E-state index contributed by atoms with van der Waals surface area (Å²) in [4.78, 5) is 1.16. The van der Waals surface area contributed by atoms with Crippen molar-refractivity contribution in [3.05, 3.63) is 58.6 Å². The third-order valence-corrected chi connectivity index (χ3v) is 4.41. The lowest BCUT2D eigenvalue weighted by Gasteiger charge is -2.16. The van der Waals surface area contributed by atoms with Crippen molar-refractivity contribution in [3.63, 3.8) is 0 Å². The summed E-state index contributed by atoms with van der Waals surface area (Å²) in [5, 5.41) is 0.749. The van der Waals surface area contributed by atoms with E-state index in [1.807, 2.05) is 36.4 Å². The predicted octanol–water partition coefficient (Wildman–Crippen LogP) is 4.45. The molecule has 0 bridgehead atoms. The molecular formula is C16H18ClNOS. The van der Waals surface area contributed by atoms with Crippen LogP contribution >= 0.6 is 23.4 Å². The van der Waals surface area contributed by atoms with Crippen molar-refractivity contribution in [2.75, 3.05) is 12.9 Å². The molecular weight excluding hydrogens is 290 g/mol. The largest absolute Gasteiger partial charge is 0.496 e. The fraction of sp³-hybridized carbons (Fsp3) is 0.250. The molecule has 0 aliphatic heterocycles. The molecule has 2 aromatic rings. The fourth-order valence-electron chi connectivity index (χ4n) is 1.95. The van der Waals surface area contributed by atoms with Crippen molar-refractivity contribution in [2.24, 2.45) is 5.73 Å². The molecule has 0 spiro atoms. The normalized spacial score (nSPS) is 12.2. The highest BCUT2D eigenvalue weighted by molar-refractivity contribution is 7.99. The Kier molecular flexibility index (Phi) is 5.35. The zero-order chi connectivity index (χ0) is 14.5. The molecule has 0 saturated carbocycles. The minimum Gasteiger partial charge on any atom is -0.496 e. The van der Waals surface area contributed by atoms with Gasteiger partial charge in [-0.25, -0.2) is 0 Å². The van der Waals surface area contributed by atoms with Crippen LogP contribution in [0.5, 0.6) is 5.75 Å². The molecule has 0 aliphatic rings. The van der Waals surface area contributed by atoms with E-state index in [4.69, 9.17) is 22.1 Å². The van der Waals surface area contributed by atoms with Gasteiger partial charge in [0.25, 0.3) is 0 Å². The summed E-state index contributed by atoms with van der Waals surface area (Å²) < 4.78 is 5.38. The van der Waals surface area contributed by atoms with Gasteiger partial charge in [-0.2, -0.15) is 0 Å². The highest BCUT2D eigenvalue weighted by atomic mass is 35.5. The molecule has 0 fully saturated rings. The number of ether oxygens (including phenoxy) is 1. The van der Waals surface area contributed by atoms with Crippen molar-refractivity contribution < 1.29 is 4.74 Å². The quantitative estimate of drug-likeness (QED) is 0.829. The van der Waals surface area contributed by atoms with Crippen LogP contribution in [0, 0.1) is 6.92 Å². The Labute approximate surface area is 129 Å². The summed E-state index contributed by atoms with van der Waals surface area (Å²) in [7, 11) is 1.67. The highest BCUT2D eigenvalue weighted by Gasteiger charge is 2.12. The number of benzene rings is 2. The van der Waals surface area contributed by atoms with Crippen molar-refractivity contribution in [3.8, 4) is 5.75 Å². The molecule has 0 aliphatic carbocycles. The van der Waals surface area contributed by atoms with Gasteiger partial charge < -0.3 is 10.5 Å². The summed E-state index contributed by atoms with van der Waals surface area (Å²) in [5.74, 6) is 1.64. The Morgan fingerprint density at radius 1 is 1.20 bits per heavy atom. The van der Waals surface area contributed by atoms with Gasteiger partial charge in [-0.1, -0.05) is 29.3 Å². The van der Waals surface area contributed by atoms with Crippen LogP contribution in [-0.4, -0.2) is 12.9 Å². The van der Waals surface area contributed by atoms with Gasteiger partial charge in [0.05, 0.1) is 7.11 Å². The second-order valence-electron chi connectivity index (χ2n) is 4.62. The Hall–Kier alpha value is -1.16. The number of aryl methyl sites for hydroxylation is 1. The van der Waals surface area contributed by atoms with E-state index in [9.17, 15) is 0 Å². The van der Waals surface area contributed by atoms with E-state index in [-0.39, 0.29) is 6.04 Å². The number of thioether (sulfide) groups is 1. The third-order valence-electron chi connectivity index (χ3n) is 3.03. The summed E-state index contributed by atoms with van der Waals surface area (Å²) in [5.41, 5.74) is 8.53. The van der Waals surface area contributed by atoms with Crippen molar-refractivity contribution in [1.82, 2.24) is 0 Å². The summed E-state index contributed by atoms with van der Waals surface area (Å²) >= 11 is 7.59. The zero-order valence-electron chi connectivity index (χ0n) is 11.6. The van der Waals surface area contributed by atoms with Crippen LogP contribution in [0.15, 0.2) is 47.4 Å².